The largest absolute Gasteiger partial charge is 0.478 e. The summed E-state index contributed by atoms with van der Waals surface area (Å²) in [6.07, 6.45) is -4.69. The van der Waals surface area contributed by atoms with Crippen molar-refractivity contribution in [3.05, 3.63) is 45.9 Å². The molecule has 1 aromatic heterocycles. The minimum atomic E-state index is -4.69. The van der Waals surface area contributed by atoms with Gasteiger partial charge in [-0.3, -0.25) is 0 Å². The SMILES string of the molecule is CN(Cc1cscn1)c1ccc(C(F)(F)F)c(C(=O)O)c1. The summed E-state index contributed by atoms with van der Waals surface area (Å²) in [7, 11) is 1.66. The molecule has 21 heavy (non-hydrogen) atoms. The summed E-state index contributed by atoms with van der Waals surface area (Å²) in [5.74, 6) is -1.61. The van der Waals surface area contributed by atoms with Crippen LogP contribution >= 0.6 is 11.3 Å². The highest BCUT2D eigenvalue weighted by molar-refractivity contribution is 7.07. The van der Waals surface area contributed by atoms with Crippen LogP contribution in [0.25, 0.3) is 0 Å². The van der Waals surface area contributed by atoms with Crippen LogP contribution in [-0.4, -0.2) is 23.1 Å². The molecule has 0 atom stereocenters. The maximum Gasteiger partial charge on any atom is 0.417 e. The molecule has 0 radical (unpaired) electrons. The van der Waals surface area contributed by atoms with Crippen molar-refractivity contribution in [3.63, 3.8) is 0 Å². The lowest BCUT2D eigenvalue weighted by atomic mass is 10.1. The van der Waals surface area contributed by atoms with Gasteiger partial charge in [-0.1, -0.05) is 0 Å². The maximum atomic E-state index is 12.8. The van der Waals surface area contributed by atoms with Crippen LogP contribution in [0, 0.1) is 0 Å². The van der Waals surface area contributed by atoms with E-state index < -0.39 is 23.3 Å². The van der Waals surface area contributed by atoms with Crippen molar-refractivity contribution in [2.24, 2.45) is 0 Å². The number of hydrogen-bond donors (Lipinski definition) is 1. The molecule has 2 aromatic rings. The van der Waals surface area contributed by atoms with Crippen LogP contribution in [0.4, 0.5) is 18.9 Å². The van der Waals surface area contributed by atoms with Crippen molar-refractivity contribution < 1.29 is 23.1 Å². The number of carboxylic acids is 1. The molecule has 0 bridgehead atoms. The van der Waals surface area contributed by atoms with Crippen molar-refractivity contribution in [3.8, 4) is 0 Å². The van der Waals surface area contributed by atoms with E-state index in [4.69, 9.17) is 5.11 Å². The number of hydrogen-bond acceptors (Lipinski definition) is 4. The fourth-order valence-corrected chi connectivity index (χ4v) is 2.39. The fourth-order valence-electron chi connectivity index (χ4n) is 1.84. The number of nitrogens with zero attached hydrogens (tertiary/aromatic N) is 2. The van der Waals surface area contributed by atoms with E-state index in [1.54, 1.807) is 17.5 Å². The lowest BCUT2D eigenvalue weighted by molar-refractivity contribution is -0.138. The molecule has 8 heteroatoms. The van der Waals surface area contributed by atoms with Crippen LogP contribution in [0.2, 0.25) is 0 Å². The summed E-state index contributed by atoms with van der Waals surface area (Å²) < 4.78 is 38.3. The molecule has 2 rings (SSSR count). The number of aromatic carboxylic acids is 1. The minimum Gasteiger partial charge on any atom is -0.478 e. The van der Waals surface area contributed by atoms with E-state index in [9.17, 15) is 18.0 Å². The molecular formula is C13H11F3N2O2S. The molecule has 0 aliphatic heterocycles. The van der Waals surface area contributed by atoms with Crippen molar-refractivity contribution in [2.45, 2.75) is 12.7 Å². The third-order valence-corrected chi connectivity index (χ3v) is 3.50. The standard InChI is InChI=1S/C13H11F3N2O2S/c1-18(5-8-6-21-7-17-8)9-2-3-11(13(14,15)16)10(4-9)12(19)20/h2-4,6-7H,5H2,1H3,(H,19,20). The molecule has 4 nitrogen and oxygen atoms in total. The monoisotopic (exact) mass is 316 g/mol. The van der Waals surface area contributed by atoms with Gasteiger partial charge in [0.05, 0.1) is 28.9 Å². The zero-order valence-corrected chi connectivity index (χ0v) is 11.7. The van der Waals surface area contributed by atoms with E-state index in [1.807, 2.05) is 5.38 Å². The second-order valence-corrected chi connectivity index (χ2v) is 5.09. The molecule has 0 unspecified atom stereocenters. The average molecular weight is 316 g/mol. The number of alkyl halides is 3. The van der Waals surface area contributed by atoms with Gasteiger partial charge in [-0.15, -0.1) is 11.3 Å². The van der Waals surface area contributed by atoms with Gasteiger partial charge < -0.3 is 10.0 Å². The topological polar surface area (TPSA) is 53.4 Å². The normalized spacial score (nSPS) is 11.4. The first-order valence-corrected chi connectivity index (χ1v) is 6.76. The van der Waals surface area contributed by atoms with Crippen molar-refractivity contribution in [1.82, 2.24) is 4.98 Å². The van der Waals surface area contributed by atoms with E-state index in [2.05, 4.69) is 4.98 Å². The van der Waals surface area contributed by atoms with Gasteiger partial charge >= 0.3 is 12.1 Å². The van der Waals surface area contributed by atoms with Gasteiger partial charge in [0, 0.05) is 18.1 Å². The first-order valence-electron chi connectivity index (χ1n) is 5.82. The highest BCUT2D eigenvalue weighted by Gasteiger charge is 2.35. The molecule has 0 saturated heterocycles. The molecule has 1 heterocycles. The number of rotatable bonds is 4. The van der Waals surface area contributed by atoms with Crippen LogP contribution in [0.5, 0.6) is 0 Å². The summed E-state index contributed by atoms with van der Waals surface area (Å²) >= 11 is 1.41. The molecule has 0 amide bonds. The number of carboxylic acid groups (broad SMARTS) is 1. The van der Waals surface area contributed by atoms with Gasteiger partial charge in [0.1, 0.15) is 0 Å². The van der Waals surface area contributed by atoms with Crippen LogP contribution in [-0.2, 0) is 12.7 Å². The van der Waals surface area contributed by atoms with Crippen LogP contribution < -0.4 is 4.90 Å². The number of halogens is 3. The van der Waals surface area contributed by atoms with Crippen molar-refractivity contribution in [1.29, 1.82) is 0 Å². The summed E-state index contributed by atoms with van der Waals surface area (Å²) in [6, 6.07) is 3.06. The zero-order valence-electron chi connectivity index (χ0n) is 10.9. The second kappa shape index (κ2) is 5.72. The lowest BCUT2D eigenvalue weighted by Gasteiger charge is -2.20. The van der Waals surface area contributed by atoms with E-state index in [0.29, 0.717) is 12.2 Å². The van der Waals surface area contributed by atoms with Crippen LogP contribution in [0.15, 0.2) is 29.1 Å². The number of anilines is 1. The van der Waals surface area contributed by atoms with E-state index in [0.717, 1.165) is 17.8 Å². The lowest BCUT2D eigenvalue weighted by Crippen LogP contribution is -2.19. The fraction of sp³-hybridized carbons (Fsp3) is 0.231. The summed E-state index contributed by atoms with van der Waals surface area (Å²) in [6.45, 7) is 0.383. The molecular weight excluding hydrogens is 305 g/mol. The zero-order chi connectivity index (χ0) is 15.6. The Hall–Kier alpha value is -2.09. The predicted molar refractivity (Wildman–Crippen MR) is 72.6 cm³/mol. The third kappa shape index (κ3) is 3.52. The van der Waals surface area contributed by atoms with Gasteiger partial charge in [0.15, 0.2) is 0 Å². The molecule has 0 fully saturated rings. The summed E-state index contributed by atoms with van der Waals surface area (Å²) in [5, 5.41) is 10.8. The predicted octanol–water partition coefficient (Wildman–Crippen LogP) is 3.50. The first-order chi connectivity index (χ1) is 9.79. The number of carbonyl (C=O) groups is 1. The number of aromatic nitrogens is 1. The highest BCUT2D eigenvalue weighted by atomic mass is 32.1. The Kier molecular flexibility index (Phi) is 4.17. The van der Waals surface area contributed by atoms with Crippen molar-refractivity contribution in [2.75, 3.05) is 11.9 Å². The number of thiazole rings is 1. The molecule has 0 saturated carbocycles. The molecule has 0 aliphatic rings. The van der Waals surface area contributed by atoms with E-state index in [-0.39, 0.29) is 0 Å². The maximum absolute atomic E-state index is 12.8. The Bertz CT molecular complexity index is 641. The minimum absolute atomic E-state index is 0.383. The van der Waals surface area contributed by atoms with Gasteiger partial charge in [0.2, 0.25) is 0 Å². The number of benzene rings is 1. The smallest absolute Gasteiger partial charge is 0.417 e. The Morgan fingerprint density at radius 3 is 2.67 bits per heavy atom. The third-order valence-electron chi connectivity index (χ3n) is 2.86. The van der Waals surface area contributed by atoms with E-state index in [1.165, 1.54) is 17.4 Å². The summed E-state index contributed by atoms with van der Waals surface area (Å²) in [4.78, 5) is 16.7. The van der Waals surface area contributed by atoms with Gasteiger partial charge in [-0.25, -0.2) is 9.78 Å². The highest BCUT2D eigenvalue weighted by Crippen LogP contribution is 2.34. The quantitative estimate of drug-likeness (QED) is 0.938. The summed E-state index contributed by atoms with van der Waals surface area (Å²) in [5.41, 5.74) is 0.886. The Morgan fingerprint density at radius 1 is 1.43 bits per heavy atom. The Labute approximate surface area is 122 Å². The average Bonchev–Trinajstić information content (AvgIpc) is 2.89. The van der Waals surface area contributed by atoms with Gasteiger partial charge in [0.25, 0.3) is 0 Å². The molecule has 112 valence electrons. The van der Waals surface area contributed by atoms with Crippen LogP contribution in [0.3, 0.4) is 0 Å². The molecule has 1 N–H and O–H groups in total. The van der Waals surface area contributed by atoms with E-state index >= 15 is 0 Å². The molecule has 1 aromatic carbocycles. The molecule has 0 spiro atoms. The van der Waals surface area contributed by atoms with Gasteiger partial charge in [-0.2, -0.15) is 13.2 Å². The Morgan fingerprint density at radius 2 is 2.14 bits per heavy atom. The second-order valence-electron chi connectivity index (χ2n) is 4.37. The van der Waals surface area contributed by atoms with Crippen molar-refractivity contribution >= 4 is 23.0 Å². The first kappa shape index (κ1) is 15.3. The molecule has 0 aliphatic carbocycles. The van der Waals surface area contributed by atoms with Gasteiger partial charge in [-0.05, 0) is 18.2 Å². The van der Waals surface area contributed by atoms with Crippen LogP contribution in [0.1, 0.15) is 21.6 Å². The Balaban J connectivity index is 2.33.